The van der Waals surface area contributed by atoms with Gasteiger partial charge in [-0.05, 0) is 43.5 Å². The van der Waals surface area contributed by atoms with Crippen LogP contribution in [0.25, 0.3) is 5.69 Å². The molecule has 1 aromatic heterocycles. The fraction of sp³-hybridized carbons (Fsp3) is 0.312. The molecule has 1 aliphatic carbocycles. The zero-order valence-corrected chi connectivity index (χ0v) is 12.1. The first-order chi connectivity index (χ1) is 10.6. The topological polar surface area (TPSA) is 90.0 Å². The minimum absolute atomic E-state index is 0.0404. The van der Waals surface area contributed by atoms with Gasteiger partial charge >= 0.3 is 0 Å². The lowest BCUT2D eigenvalue weighted by Gasteiger charge is -2.17. The van der Waals surface area contributed by atoms with Gasteiger partial charge in [0.25, 0.3) is 11.5 Å². The second-order valence-corrected chi connectivity index (χ2v) is 5.51. The quantitative estimate of drug-likeness (QED) is 0.878. The average molecular weight is 298 g/mol. The van der Waals surface area contributed by atoms with Crippen molar-refractivity contribution in [2.45, 2.75) is 31.3 Å². The van der Waals surface area contributed by atoms with E-state index in [-0.39, 0.29) is 23.6 Å². The summed E-state index contributed by atoms with van der Waals surface area (Å²) in [4.78, 5) is 27.7. The highest BCUT2D eigenvalue weighted by Gasteiger charge is 2.25. The molecule has 6 heteroatoms. The lowest BCUT2D eigenvalue weighted by atomic mass is 10.1. The molecule has 1 aliphatic rings. The Morgan fingerprint density at radius 1 is 1.27 bits per heavy atom. The Labute approximate surface area is 128 Å². The first-order valence-electron chi connectivity index (χ1n) is 7.35. The molecule has 22 heavy (non-hydrogen) atoms. The van der Waals surface area contributed by atoms with Crippen LogP contribution in [0, 0.1) is 0 Å². The fourth-order valence-corrected chi connectivity index (χ4v) is 2.75. The number of nitrogens with one attached hydrogen (secondary N) is 1. The molecule has 1 heterocycles. The van der Waals surface area contributed by atoms with Crippen molar-refractivity contribution in [1.29, 1.82) is 0 Å². The van der Waals surface area contributed by atoms with Gasteiger partial charge in [-0.25, -0.2) is 0 Å². The normalized spacial score (nSPS) is 20.8. The molecule has 0 spiro atoms. The zero-order valence-electron chi connectivity index (χ0n) is 12.1. The molecule has 1 aromatic carbocycles. The predicted octanol–water partition coefficient (Wildman–Crippen LogP) is 0.842. The van der Waals surface area contributed by atoms with Crippen LogP contribution in [0.2, 0.25) is 0 Å². The van der Waals surface area contributed by atoms with Gasteiger partial charge in [0.1, 0.15) is 0 Å². The Hall–Kier alpha value is -2.47. The van der Waals surface area contributed by atoms with E-state index < -0.39 is 0 Å². The van der Waals surface area contributed by atoms with Gasteiger partial charge in [-0.1, -0.05) is 0 Å². The number of nitrogens with zero attached hydrogens (tertiary/aromatic N) is 2. The standard InChI is InChI=1S/C16H18N4O2/c17-13-2-1-3-14(13)19-16(22)11-4-6-12(7-5-11)20-9-8-18-10-15(20)21/h4-10,13-14H,1-3,17H2,(H,19,22). The predicted molar refractivity (Wildman–Crippen MR) is 82.9 cm³/mol. The van der Waals surface area contributed by atoms with E-state index in [1.54, 1.807) is 36.7 Å². The van der Waals surface area contributed by atoms with Crippen molar-refractivity contribution in [3.05, 3.63) is 58.8 Å². The van der Waals surface area contributed by atoms with E-state index in [1.165, 1.54) is 10.8 Å². The Balaban J connectivity index is 1.75. The van der Waals surface area contributed by atoms with Crippen LogP contribution in [0.3, 0.4) is 0 Å². The number of hydrogen-bond acceptors (Lipinski definition) is 4. The molecule has 1 amide bonds. The minimum atomic E-state index is -0.211. The van der Waals surface area contributed by atoms with Crippen LogP contribution in [0.15, 0.2) is 47.7 Å². The molecule has 6 nitrogen and oxygen atoms in total. The summed E-state index contributed by atoms with van der Waals surface area (Å²) >= 11 is 0. The van der Waals surface area contributed by atoms with Crippen molar-refractivity contribution in [3.63, 3.8) is 0 Å². The van der Waals surface area contributed by atoms with Crippen LogP contribution in [0.4, 0.5) is 0 Å². The van der Waals surface area contributed by atoms with Gasteiger partial charge in [-0.15, -0.1) is 0 Å². The molecule has 0 saturated heterocycles. The number of carbonyl (C=O) groups excluding carboxylic acids is 1. The van der Waals surface area contributed by atoms with Crippen molar-refractivity contribution in [1.82, 2.24) is 14.9 Å². The van der Waals surface area contributed by atoms with Crippen molar-refractivity contribution >= 4 is 5.91 Å². The third-order valence-electron chi connectivity index (χ3n) is 4.02. The largest absolute Gasteiger partial charge is 0.348 e. The minimum Gasteiger partial charge on any atom is -0.348 e. The van der Waals surface area contributed by atoms with Crippen LogP contribution in [0.1, 0.15) is 29.6 Å². The van der Waals surface area contributed by atoms with Gasteiger partial charge in [-0.3, -0.25) is 19.1 Å². The molecule has 114 valence electrons. The molecule has 2 unspecified atom stereocenters. The van der Waals surface area contributed by atoms with E-state index >= 15 is 0 Å². The van der Waals surface area contributed by atoms with E-state index in [9.17, 15) is 9.59 Å². The number of nitrogens with two attached hydrogens (primary N) is 1. The maximum Gasteiger partial charge on any atom is 0.273 e. The third kappa shape index (κ3) is 2.92. The van der Waals surface area contributed by atoms with E-state index in [2.05, 4.69) is 10.3 Å². The molecule has 1 fully saturated rings. The summed E-state index contributed by atoms with van der Waals surface area (Å²) in [7, 11) is 0. The first kappa shape index (κ1) is 14.5. The molecule has 3 rings (SSSR count). The Kier molecular flexibility index (Phi) is 4.02. The first-order valence-corrected chi connectivity index (χ1v) is 7.35. The highest BCUT2D eigenvalue weighted by atomic mass is 16.1. The van der Waals surface area contributed by atoms with Crippen LogP contribution >= 0.6 is 0 Å². The van der Waals surface area contributed by atoms with Gasteiger partial charge in [0, 0.05) is 35.7 Å². The zero-order chi connectivity index (χ0) is 15.5. The molecular formula is C16H18N4O2. The smallest absolute Gasteiger partial charge is 0.273 e. The molecule has 3 N–H and O–H groups in total. The summed E-state index contributed by atoms with van der Waals surface area (Å²) < 4.78 is 1.47. The van der Waals surface area contributed by atoms with E-state index in [0.29, 0.717) is 11.3 Å². The van der Waals surface area contributed by atoms with Crippen LogP contribution < -0.4 is 16.6 Å². The van der Waals surface area contributed by atoms with Gasteiger partial charge in [0.15, 0.2) is 0 Å². The monoisotopic (exact) mass is 298 g/mol. The highest BCUT2D eigenvalue weighted by molar-refractivity contribution is 5.94. The molecule has 2 atom stereocenters. The Morgan fingerprint density at radius 2 is 2.05 bits per heavy atom. The van der Waals surface area contributed by atoms with Crippen molar-refractivity contribution in [2.75, 3.05) is 0 Å². The number of hydrogen-bond donors (Lipinski definition) is 2. The number of rotatable bonds is 3. The molecule has 0 radical (unpaired) electrons. The molecule has 1 saturated carbocycles. The summed E-state index contributed by atoms with van der Waals surface area (Å²) in [6.07, 6.45) is 7.32. The summed E-state index contributed by atoms with van der Waals surface area (Å²) in [6, 6.07) is 6.99. The second kappa shape index (κ2) is 6.11. The van der Waals surface area contributed by atoms with Gasteiger partial charge in [0.2, 0.25) is 0 Å². The SMILES string of the molecule is NC1CCCC1NC(=O)c1ccc(-n2ccncc2=O)cc1. The Morgan fingerprint density at radius 3 is 2.68 bits per heavy atom. The summed E-state index contributed by atoms with van der Waals surface area (Å²) in [6.45, 7) is 0. The number of amides is 1. The lowest BCUT2D eigenvalue weighted by molar-refractivity contribution is 0.0934. The Bertz CT molecular complexity index is 723. The van der Waals surface area contributed by atoms with Crippen LogP contribution in [-0.4, -0.2) is 27.5 Å². The number of benzene rings is 1. The maximum absolute atomic E-state index is 12.2. The molecule has 0 bridgehead atoms. The average Bonchev–Trinajstić information content (AvgIpc) is 2.93. The van der Waals surface area contributed by atoms with E-state index in [0.717, 1.165) is 19.3 Å². The van der Waals surface area contributed by atoms with E-state index in [4.69, 9.17) is 5.73 Å². The highest BCUT2D eigenvalue weighted by Crippen LogP contribution is 2.17. The van der Waals surface area contributed by atoms with Crippen LogP contribution in [0.5, 0.6) is 0 Å². The molecule has 0 aliphatic heterocycles. The summed E-state index contributed by atoms with van der Waals surface area (Å²) in [5.74, 6) is -0.129. The van der Waals surface area contributed by atoms with Gasteiger partial charge in [-0.2, -0.15) is 0 Å². The second-order valence-electron chi connectivity index (χ2n) is 5.51. The molecular weight excluding hydrogens is 280 g/mol. The maximum atomic E-state index is 12.2. The summed E-state index contributed by atoms with van der Waals surface area (Å²) in [5.41, 5.74) is 7.01. The van der Waals surface area contributed by atoms with Crippen LogP contribution in [-0.2, 0) is 0 Å². The fourth-order valence-electron chi connectivity index (χ4n) is 2.75. The van der Waals surface area contributed by atoms with Gasteiger partial charge < -0.3 is 11.1 Å². The number of carbonyl (C=O) groups is 1. The lowest BCUT2D eigenvalue weighted by Crippen LogP contribution is -2.43. The van der Waals surface area contributed by atoms with E-state index in [1.807, 2.05) is 0 Å². The van der Waals surface area contributed by atoms with Crippen molar-refractivity contribution < 1.29 is 4.79 Å². The summed E-state index contributed by atoms with van der Waals surface area (Å²) in [5, 5.41) is 2.97. The third-order valence-corrected chi connectivity index (χ3v) is 4.02. The number of aromatic nitrogens is 2. The molecule has 2 aromatic rings. The van der Waals surface area contributed by atoms with Gasteiger partial charge in [0.05, 0.1) is 6.20 Å². The van der Waals surface area contributed by atoms with Crippen molar-refractivity contribution in [3.8, 4) is 5.69 Å². The van der Waals surface area contributed by atoms with Crippen molar-refractivity contribution in [2.24, 2.45) is 5.73 Å².